The van der Waals surface area contributed by atoms with Crippen molar-refractivity contribution in [1.29, 1.82) is 0 Å². The quantitative estimate of drug-likeness (QED) is 0.820. The zero-order valence-electron chi connectivity index (χ0n) is 9.80. The first-order chi connectivity index (χ1) is 8.29. The number of aromatic nitrogens is 2. The van der Waals surface area contributed by atoms with E-state index < -0.39 is 0 Å². The van der Waals surface area contributed by atoms with E-state index in [1.807, 2.05) is 18.2 Å². The van der Waals surface area contributed by atoms with Crippen LogP contribution < -0.4 is 5.73 Å². The molecule has 1 atom stereocenters. The second-order valence-corrected chi connectivity index (χ2v) is 4.94. The van der Waals surface area contributed by atoms with Crippen LogP contribution in [0.15, 0.2) is 40.0 Å². The van der Waals surface area contributed by atoms with Crippen LogP contribution in [0.2, 0.25) is 0 Å². The molecule has 0 spiro atoms. The molecule has 2 aromatic rings. The van der Waals surface area contributed by atoms with Crippen LogP contribution in [-0.2, 0) is 6.42 Å². The molecule has 3 N–H and O–H groups in total. The van der Waals surface area contributed by atoms with E-state index in [0.29, 0.717) is 11.1 Å². The summed E-state index contributed by atoms with van der Waals surface area (Å²) < 4.78 is 5.54. The van der Waals surface area contributed by atoms with Crippen LogP contribution in [0, 0.1) is 0 Å². The molecule has 17 heavy (non-hydrogen) atoms. The minimum atomic E-state index is 0.0103. The summed E-state index contributed by atoms with van der Waals surface area (Å²) in [5.41, 5.74) is 5.30. The average molecular weight is 250 g/mol. The molecule has 2 rings (SSSR count). The van der Waals surface area contributed by atoms with Crippen molar-refractivity contribution in [1.82, 2.24) is 10.2 Å². The maximum absolute atomic E-state index is 5.54. The first-order valence-corrected chi connectivity index (χ1v) is 6.61. The zero-order chi connectivity index (χ0) is 12.1. The molecule has 1 aromatic carbocycles. The second kappa shape index (κ2) is 5.84. The van der Waals surface area contributed by atoms with Crippen molar-refractivity contribution in [3.63, 3.8) is 0 Å². The average Bonchev–Trinajstić information content (AvgIpc) is 2.79. The largest absolute Gasteiger partial charge is 0.410 e. The molecule has 0 unspecified atom stereocenters. The Morgan fingerprint density at radius 1 is 1.29 bits per heavy atom. The van der Waals surface area contributed by atoms with Gasteiger partial charge < -0.3 is 10.2 Å². The summed E-state index contributed by atoms with van der Waals surface area (Å²) in [5, 5.41) is 8.63. The first kappa shape index (κ1) is 12.1. The van der Waals surface area contributed by atoms with Crippen molar-refractivity contribution in [3.05, 3.63) is 41.8 Å². The Labute approximate surface area is 105 Å². The summed E-state index contributed by atoms with van der Waals surface area (Å²) in [4.78, 5) is 0. The zero-order valence-corrected chi connectivity index (χ0v) is 10.6. The van der Waals surface area contributed by atoms with Crippen LogP contribution >= 0.6 is 11.8 Å². The van der Waals surface area contributed by atoms with E-state index in [1.165, 1.54) is 5.56 Å². The highest BCUT2D eigenvalue weighted by atomic mass is 32.2. The summed E-state index contributed by atoms with van der Waals surface area (Å²) in [7, 11) is 0. The molecule has 0 aliphatic carbocycles. The maximum Gasteiger partial charge on any atom is 0.276 e. The van der Waals surface area contributed by atoms with Gasteiger partial charge in [0, 0.05) is 6.42 Å². The van der Waals surface area contributed by atoms with Gasteiger partial charge in [0.05, 0.1) is 0 Å². The molecule has 0 saturated heterocycles. The summed E-state index contributed by atoms with van der Waals surface area (Å²) in [5.74, 6) is 1.55. The Balaban J connectivity index is 2.01. The summed E-state index contributed by atoms with van der Waals surface area (Å²) in [6.45, 7) is 2.06. The van der Waals surface area contributed by atoms with Gasteiger partial charge in [-0.2, -0.15) is 0 Å². The molecule has 0 bridgehead atoms. The van der Waals surface area contributed by atoms with Gasteiger partial charge in [-0.1, -0.05) is 49.0 Å². The highest BCUT2D eigenvalue weighted by Crippen LogP contribution is 2.19. The highest BCUT2D eigenvalue weighted by Gasteiger charge is 2.18. The minimum absolute atomic E-state index is 0.0103. The number of hydrogen-bond donors (Lipinski definition) is 1. The smallest absolute Gasteiger partial charge is 0.276 e. The predicted molar refractivity (Wildman–Crippen MR) is 66.5 cm³/mol. The van der Waals surface area contributed by atoms with Gasteiger partial charge in [-0.25, -0.2) is 0 Å². The number of rotatable bonds is 5. The molecule has 0 aliphatic heterocycles. The van der Waals surface area contributed by atoms with Crippen LogP contribution in [0.25, 0.3) is 0 Å². The van der Waals surface area contributed by atoms with E-state index in [4.69, 9.17) is 4.42 Å². The number of thioether (sulfide) groups is 1. The SMILES string of the molecule is CCSc1nnc([C@@H]([NH3+])Cc2ccccc2)o1. The van der Waals surface area contributed by atoms with Crippen molar-refractivity contribution >= 4 is 11.8 Å². The highest BCUT2D eigenvalue weighted by molar-refractivity contribution is 7.99. The molecule has 1 heterocycles. The monoisotopic (exact) mass is 250 g/mol. The van der Waals surface area contributed by atoms with Gasteiger partial charge >= 0.3 is 0 Å². The molecule has 4 nitrogen and oxygen atoms in total. The molecule has 5 heteroatoms. The van der Waals surface area contributed by atoms with Crippen LogP contribution in [-0.4, -0.2) is 16.0 Å². The molecule has 0 fully saturated rings. The minimum Gasteiger partial charge on any atom is -0.410 e. The molecule has 0 amide bonds. The Morgan fingerprint density at radius 2 is 2.06 bits per heavy atom. The molecule has 0 radical (unpaired) electrons. The van der Waals surface area contributed by atoms with E-state index in [1.54, 1.807) is 11.8 Å². The van der Waals surface area contributed by atoms with Crippen molar-refractivity contribution in [2.24, 2.45) is 0 Å². The number of quaternary nitrogens is 1. The van der Waals surface area contributed by atoms with Crippen LogP contribution in [0.5, 0.6) is 0 Å². The van der Waals surface area contributed by atoms with E-state index >= 15 is 0 Å². The van der Waals surface area contributed by atoms with Gasteiger partial charge in [-0.3, -0.25) is 0 Å². The Morgan fingerprint density at radius 3 is 2.76 bits per heavy atom. The molecule has 90 valence electrons. The number of nitrogens with zero attached hydrogens (tertiary/aromatic N) is 2. The van der Waals surface area contributed by atoms with Gasteiger partial charge in [0.25, 0.3) is 11.1 Å². The fourth-order valence-corrected chi connectivity index (χ4v) is 2.04. The van der Waals surface area contributed by atoms with Gasteiger partial charge in [-0.15, -0.1) is 10.2 Å². The third-order valence-electron chi connectivity index (χ3n) is 2.36. The van der Waals surface area contributed by atoms with Crippen LogP contribution in [0.1, 0.15) is 24.4 Å². The lowest BCUT2D eigenvalue weighted by Crippen LogP contribution is -2.54. The summed E-state index contributed by atoms with van der Waals surface area (Å²) >= 11 is 1.55. The lowest BCUT2D eigenvalue weighted by molar-refractivity contribution is -0.431. The molecular formula is C12H16N3OS+. The summed E-state index contributed by atoms with van der Waals surface area (Å²) in [6, 6.07) is 10.2. The van der Waals surface area contributed by atoms with Gasteiger partial charge in [0.1, 0.15) is 0 Å². The first-order valence-electron chi connectivity index (χ1n) is 5.62. The van der Waals surface area contributed by atoms with Gasteiger partial charge in [0.2, 0.25) is 0 Å². The number of benzene rings is 1. The molecular weight excluding hydrogens is 234 g/mol. The third kappa shape index (κ3) is 3.31. The maximum atomic E-state index is 5.54. The van der Waals surface area contributed by atoms with E-state index in [0.717, 1.165) is 12.2 Å². The van der Waals surface area contributed by atoms with Gasteiger partial charge in [0.15, 0.2) is 6.04 Å². The van der Waals surface area contributed by atoms with Crippen molar-refractivity contribution in [2.75, 3.05) is 5.75 Å². The molecule has 0 saturated carbocycles. The fourth-order valence-electron chi connectivity index (χ4n) is 1.55. The molecule has 0 aliphatic rings. The van der Waals surface area contributed by atoms with E-state index in [-0.39, 0.29) is 6.04 Å². The predicted octanol–water partition coefficient (Wildman–Crippen LogP) is 1.71. The molecule has 1 aromatic heterocycles. The van der Waals surface area contributed by atoms with Crippen LogP contribution in [0.4, 0.5) is 0 Å². The topological polar surface area (TPSA) is 66.6 Å². The van der Waals surface area contributed by atoms with Crippen LogP contribution in [0.3, 0.4) is 0 Å². The van der Waals surface area contributed by atoms with E-state index in [9.17, 15) is 0 Å². The van der Waals surface area contributed by atoms with Crippen molar-refractivity contribution < 1.29 is 10.2 Å². The summed E-state index contributed by atoms with van der Waals surface area (Å²) in [6.07, 6.45) is 0.819. The second-order valence-electron chi connectivity index (χ2n) is 3.73. The Bertz CT molecular complexity index is 458. The third-order valence-corrected chi connectivity index (χ3v) is 3.06. The van der Waals surface area contributed by atoms with E-state index in [2.05, 4.69) is 35.0 Å². The lowest BCUT2D eigenvalue weighted by atomic mass is 10.1. The lowest BCUT2D eigenvalue weighted by Gasteiger charge is -2.03. The Hall–Kier alpha value is -1.33. The fraction of sp³-hybridized carbons (Fsp3) is 0.333. The van der Waals surface area contributed by atoms with Crippen molar-refractivity contribution in [3.8, 4) is 0 Å². The van der Waals surface area contributed by atoms with Crippen molar-refractivity contribution in [2.45, 2.75) is 24.6 Å². The van der Waals surface area contributed by atoms with Gasteiger partial charge in [-0.05, 0) is 11.3 Å². The normalized spacial score (nSPS) is 12.6. The standard InChI is InChI=1S/C12H15N3OS/c1-2-17-12-15-14-11(16-12)10(13)8-9-6-4-3-5-7-9/h3-7,10H,2,8,13H2,1H3/p+1/t10-/m0/s1. The number of hydrogen-bond acceptors (Lipinski definition) is 4. The Kier molecular flexibility index (Phi) is 4.17.